The topological polar surface area (TPSA) is 55.5 Å². The number of nitrogens with zero attached hydrogens (tertiary/aromatic N) is 5. The molecule has 0 N–H and O–H groups in total. The van der Waals surface area contributed by atoms with Crippen LogP contribution in [-0.4, -0.2) is 45.9 Å². The molecule has 0 bridgehead atoms. The molecule has 1 aliphatic heterocycles. The van der Waals surface area contributed by atoms with E-state index in [0.29, 0.717) is 0 Å². The van der Waals surface area contributed by atoms with Gasteiger partial charge >= 0.3 is 0 Å². The van der Waals surface area contributed by atoms with E-state index in [9.17, 15) is 0 Å². The second kappa shape index (κ2) is 3.47. The number of ether oxygens (including phenoxy) is 1. The van der Waals surface area contributed by atoms with E-state index < -0.39 is 0 Å². The van der Waals surface area contributed by atoms with Crippen molar-refractivity contribution < 1.29 is 4.74 Å². The molecule has 2 aromatic heterocycles. The summed E-state index contributed by atoms with van der Waals surface area (Å²) in [6.45, 7) is 3.22. The van der Waals surface area contributed by atoms with Gasteiger partial charge < -0.3 is 9.64 Å². The van der Waals surface area contributed by atoms with Crippen LogP contribution in [0.3, 0.4) is 0 Å². The van der Waals surface area contributed by atoms with Gasteiger partial charge in [-0.3, -0.25) is 4.40 Å². The van der Waals surface area contributed by atoms with Crippen LogP contribution in [0, 0.1) is 0 Å². The maximum atomic E-state index is 5.30. The molecule has 0 unspecified atom stereocenters. The molecule has 2 aromatic rings. The van der Waals surface area contributed by atoms with Gasteiger partial charge in [0, 0.05) is 25.5 Å². The minimum absolute atomic E-state index is 0.747. The van der Waals surface area contributed by atoms with E-state index in [1.54, 1.807) is 12.5 Å². The maximum absolute atomic E-state index is 5.30. The van der Waals surface area contributed by atoms with Crippen LogP contribution in [0.1, 0.15) is 0 Å². The number of morpholine rings is 1. The third-order valence-electron chi connectivity index (χ3n) is 2.51. The smallest absolute Gasteiger partial charge is 0.203 e. The van der Waals surface area contributed by atoms with Crippen molar-refractivity contribution in [3.05, 3.63) is 18.7 Å². The van der Waals surface area contributed by atoms with Gasteiger partial charge in [0.15, 0.2) is 5.82 Å². The molecular formula is C9H11N5O. The van der Waals surface area contributed by atoms with Gasteiger partial charge in [0.2, 0.25) is 5.65 Å². The van der Waals surface area contributed by atoms with Gasteiger partial charge in [-0.25, -0.2) is 4.98 Å². The molecule has 0 saturated carbocycles. The molecular weight excluding hydrogens is 194 g/mol. The summed E-state index contributed by atoms with van der Waals surface area (Å²) in [6.07, 6.45) is 5.29. The summed E-state index contributed by atoms with van der Waals surface area (Å²) in [7, 11) is 0. The second-order valence-electron chi connectivity index (χ2n) is 3.41. The predicted octanol–water partition coefficient (Wildman–Crippen LogP) is -0.0391. The lowest BCUT2D eigenvalue weighted by atomic mass is 10.4. The fourth-order valence-electron chi connectivity index (χ4n) is 1.74. The van der Waals surface area contributed by atoms with Crippen molar-refractivity contribution in [2.24, 2.45) is 0 Å². The Morgan fingerprint density at radius 1 is 1.27 bits per heavy atom. The number of hydrogen-bond donors (Lipinski definition) is 0. The van der Waals surface area contributed by atoms with Gasteiger partial charge in [-0.15, -0.1) is 10.2 Å². The van der Waals surface area contributed by atoms with Crippen LogP contribution < -0.4 is 4.90 Å². The Labute approximate surface area is 86.5 Å². The summed E-state index contributed by atoms with van der Waals surface area (Å²) < 4.78 is 7.18. The van der Waals surface area contributed by atoms with Crippen molar-refractivity contribution in [2.45, 2.75) is 0 Å². The highest BCUT2D eigenvalue weighted by Gasteiger charge is 2.16. The third-order valence-corrected chi connectivity index (χ3v) is 2.51. The van der Waals surface area contributed by atoms with Crippen molar-refractivity contribution in [1.29, 1.82) is 0 Å². The lowest BCUT2D eigenvalue weighted by Crippen LogP contribution is -2.37. The Morgan fingerprint density at radius 2 is 2.13 bits per heavy atom. The molecule has 15 heavy (non-hydrogen) atoms. The van der Waals surface area contributed by atoms with E-state index in [2.05, 4.69) is 20.1 Å². The van der Waals surface area contributed by atoms with E-state index in [1.165, 1.54) is 0 Å². The van der Waals surface area contributed by atoms with Crippen LogP contribution in [-0.2, 0) is 4.74 Å². The van der Waals surface area contributed by atoms with Gasteiger partial charge in [-0.2, -0.15) is 0 Å². The van der Waals surface area contributed by atoms with E-state index in [4.69, 9.17) is 4.74 Å². The first kappa shape index (κ1) is 8.60. The molecule has 78 valence electrons. The molecule has 0 radical (unpaired) electrons. The third kappa shape index (κ3) is 1.42. The highest BCUT2D eigenvalue weighted by Crippen LogP contribution is 2.16. The molecule has 6 heteroatoms. The molecule has 0 atom stereocenters. The van der Waals surface area contributed by atoms with Gasteiger partial charge in [0.25, 0.3) is 0 Å². The summed E-state index contributed by atoms with van der Waals surface area (Å²) in [5.41, 5.74) is 0.805. The summed E-state index contributed by atoms with van der Waals surface area (Å²) in [4.78, 5) is 6.52. The van der Waals surface area contributed by atoms with Crippen LogP contribution in [0.25, 0.3) is 5.65 Å². The summed E-state index contributed by atoms with van der Waals surface area (Å²) in [6, 6.07) is 0. The zero-order valence-electron chi connectivity index (χ0n) is 8.20. The summed E-state index contributed by atoms with van der Waals surface area (Å²) in [5.74, 6) is 0.887. The zero-order valence-corrected chi connectivity index (χ0v) is 8.20. The highest BCUT2D eigenvalue weighted by atomic mass is 16.5. The average Bonchev–Trinajstić information content (AvgIpc) is 2.78. The number of anilines is 1. The lowest BCUT2D eigenvalue weighted by Gasteiger charge is -2.27. The van der Waals surface area contributed by atoms with Crippen LogP contribution >= 0.6 is 0 Å². The molecule has 0 aromatic carbocycles. The molecule has 0 spiro atoms. The quantitative estimate of drug-likeness (QED) is 0.654. The van der Waals surface area contributed by atoms with E-state index in [1.807, 2.05) is 10.6 Å². The first-order chi connectivity index (χ1) is 7.45. The van der Waals surface area contributed by atoms with Gasteiger partial charge in [0.1, 0.15) is 6.33 Å². The first-order valence-corrected chi connectivity index (χ1v) is 4.92. The second-order valence-corrected chi connectivity index (χ2v) is 3.41. The van der Waals surface area contributed by atoms with E-state index in [-0.39, 0.29) is 0 Å². The van der Waals surface area contributed by atoms with Gasteiger partial charge in [0.05, 0.1) is 13.2 Å². The molecule has 1 fully saturated rings. The summed E-state index contributed by atoms with van der Waals surface area (Å²) in [5, 5.41) is 7.93. The monoisotopic (exact) mass is 205 g/mol. The maximum Gasteiger partial charge on any atom is 0.203 e. The highest BCUT2D eigenvalue weighted by molar-refractivity contribution is 5.63. The Bertz CT molecular complexity index is 462. The number of hydrogen-bond acceptors (Lipinski definition) is 5. The van der Waals surface area contributed by atoms with Gasteiger partial charge in [-0.05, 0) is 0 Å². The minimum Gasteiger partial charge on any atom is -0.378 e. The standard InChI is InChI=1S/C9H11N5O/c1-2-14-7-11-12-9(14)8(10-1)13-3-5-15-6-4-13/h1-2,7H,3-6H2. The zero-order chi connectivity index (χ0) is 10.1. The van der Waals surface area contributed by atoms with Crippen LogP contribution in [0.2, 0.25) is 0 Å². The van der Waals surface area contributed by atoms with E-state index in [0.717, 1.165) is 37.8 Å². The molecule has 3 heterocycles. The average molecular weight is 205 g/mol. The predicted molar refractivity (Wildman–Crippen MR) is 53.8 cm³/mol. The van der Waals surface area contributed by atoms with Crippen LogP contribution in [0.15, 0.2) is 18.7 Å². The Hall–Kier alpha value is -1.69. The van der Waals surface area contributed by atoms with Crippen molar-refractivity contribution in [3.63, 3.8) is 0 Å². The fourth-order valence-corrected chi connectivity index (χ4v) is 1.74. The molecule has 1 aliphatic rings. The fraction of sp³-hybridized carbons (Fsp3) is 0.444. The lowest BCUT2D eigenvalue weighted by molar-refractivity contribution is 0.122. The van der Waals surface area contributed by atoms with Crippen LogP contribution in [0.4, 0.5) is 5.82 Å². The molecule has 0 amide bonds. The van der Waals surface area contributed by atoms with E-state index >= 15 is 0 Å². The SMILES string of the molecule is c1cn2cnnc2c(N2CCOCC2)n1. The number of fused-ring (bicyclic) bond motifs is 1. The Morgan fingerprint density at radius 3 is 3.00 bits per heavy atom. The van der Waals surface area contributed by atoms with Crippen LogP contribution in [0.5, 0.6) is 0 Å². The molecule has 1 saturated heterocycles. The normalized spacial score (nSPS) is 17.2. The number of aromatic nitrogens is 4. The Kier molecular flexibility index (Phi) is 1.99. The van der Waals surface area contributed by atoms with Crippen molar-refractivity contribution >= 4 is 11.5 Å². The molecule has 3 rings (SSSR count). The van der Waals surface area contributed by atoms with Crippen molar-refractivity contribution in [3.8, 4) is 0 Å². The van der Waals surface area contributed by atoms with Crippen molar-refractivity contribution in [1.82, 2.24) is 19.6 Å². The Balaban J connectivity index is 2.05. The molecule has 0 aliphatic carbocycles. The first-order valence-electron chi connectivity index (χ1n) is 4.92. The van der Waals surface area contributed by atoms with Gasteiger partial charge in [-0.1, -0.05) is 0 Å². The number of rotatable bonds is 1. The largest absolute Gasteiger partial charge is 0.378 e. The minimum atomic E-state index is 0.747. The summed E-state index contributed by atoms with van der Waals surface area (Å²) >= 11 is 0. The molecule has 6 nitrogen and oxygen atoms in total. The van der Waals surface area contributed by atoms with Crippen molar-refractivity contribution in [2.75, 3.05) is 31.2 Å².